The topological polar surface area (TPSA) is 45.8 Å². The molecule has 0 saturated heterocycles. The number of halogens is 1. The second-order valence-electron chi connectivity index (χ2n) is 4.81. The summed E-state index contributed by atoms with van der Waals surface area (Å²) in [6.07, 6.45) is 1.63. The number of nitrogens with zero attached hydrogens (tertiary/aromatic N) is 1. The van der Waals surface area contributed by atoms with Crippen LogP contribution in [0.2, 0.25) is 0 Å². The van der Waals surface area contributed by atoms with Gasteiger partial charge in [-0.3, -0.25) is 9.78 Å². The lowest BCUT2D eigenvalue weighted by Crippen LogP contribution is -2.15. The molecule has 84 valence electrons. The molecule has 0 unspecified atom stereocenters. The van der Waals surface area contributed by atoms with Crippen LogP contribution < -0.4 is 5.56 Å². The minimum Gasteiger partial charge on any atom is -0.327 e. The molecule has 4 heteroatoms. The molecule has 2 aromatic heterocycles. The normalized spacial score (nSPS) is 12.0. The van der Waals surface area contributed by atoms with E-state index in [1.165, 1.54) is 0 Å². The van der Waals surface area contributed by atoms with Gasteiger partial charge < -0.3 is 4.98 Å². The van der Waals surface area contributed by atoms with Gasteiger partial charge in [-0.25, -0.2) is 0 Å². The summed E-state index contributed by atoms with van der Waals surface area (Å²) >= 11 is 3.40. The molecule has 0 fully saturated rings. The minimum absolute atomic E-state index is 0.0176. The van der Waals surface area contributed by atoms with Crippen molar-refractivity contribution in [2.24, 2.45) is 0 Å². The molecule has 0 aliphatic heterocycles. The predicted octanol–water partition coefficient (Wildman–Crippen LogP) is 2.98. The Bertz CT molecular complexity index is 596. The number of hydrogen-bond donors (Lipinski definition) is 1. The van der Waals surface area contributed by atoms with Crippen molar-refractivity contribution in [1.29, 1.82) is 0 Å². The molecule has 0 aromatic carbocycles. The summed E-state index contributed by atoms with van der Waals surface area (Å²) < 4.78 is 0.813. The van der Waals surface area contributed by atoms with Crippen molar-refractivity contribution < 1.29 is 0 Å². The maximum atomic E-state index is 11.6. The van der Waals surface area contributed by atoms with E-state index in [1.807, 2.05) is 12.1 Å². The number of rotatable bonds is 0. The number of hydrogen-bond acceptors (Lipinski definition) is 2. The van der Waals surface area contributed by atoms with E-state index in [4.69, 9.17) is 0 Å². The van der Waals surface area contributed by atoms with E-state index in [0.717, 1.165) is 15.7 Å². The van der Waals surface area contributed by atoms with E-state index in [1.54, 1.807) is 6.20 Å². The molecule has 3 nitrogen and oxygen atoms in total. The predicted molar refractivity (Wildman–Crippen MR) is 68.8 cm³/mol. The molecule has 0 spiro atoms. The summed E-state index contributed by atoms with van der Waals surface area (Å²) in [4.78, 5) is 18.8. The summed E-state index contributed by atoms with van der Waals surface area (Å²) in [7, 11) is 0. The summed E-state index contributed by atoms with van der Waals surface area (Å²) in [6, 6.07) is 3.73. The lowest BCUT2D eigenvalue weighted by atomic mass is 9.91. The van der Waals surface area contributed by atoms with E-state index in [0.29, 0.717) is 5.39 Å². The molecule has 0 atom stereocenters. The maximum absolute atomic E-state index is 11.6. The van der Waals surface area contributed by atoms with Crippen LogP contribution in [-0.4, -0.2) is 9.97 Å². The van der Waals surface area contributed by atoms with Crippen molar-refractivity contribution in [2.75, 3.05) is 0 Å². The largest absolute Gasteiger partial charge is 0.327 e. The molecule has 0 amide bonds. The van der Waals surface area contributed by atoms with Crippen LogP contribution in [0.3, 0.4) is 0 Å². The molecule has 16 heavy (non-hydrogen) atoms. The second kappa shape index (κ2) is 3.70. The molecular formula is C12H13BrN2O. The Morgan fingerprint density at radius 2 is 2.00 bits per heavy atom. The Morgan fingerprint density at radius 1 is 1.31 bits per heavy atom. The SMILES string of the molecule is CC(C)(C)c1ccc2c(=O)[nH]cc(Br)c2n1. The van der Waals surface area contributed by atoms with Crippen molar-refractivity contribution in [2.45, 2.75) is 26.2 Å². The van der Waals surface area contributed by atoms with Crippen LogP contribution in [0, 0.1) is 0 Å². The highest BCUT2D eigenvalue weighted by Crippen LogP contribution is 2.24. The number of H-pyrrole nitrogens is 1. The van der Waals surface area contributed by atoms with Gasteiger partial charge >= 0.3 is 0 Å². The van der Waals surface area contributed by atoms with Crippen molar-refractivity contribution in [3.8, 4) is 0 Å². The molecule has 2 aromatic rings. The van der Waals surface area contributed by atoms with Gasteiger partial charge in [0.25, 0.3) is 5.56 Å². The summed E-state index contributed by atoms with van der Waals surface area (Å²) in [5.41, 5.74) is 1.57. The quantitative estimate of drug-likeness (QED) is 0.806. The van der Waals surface area contributed by atoms with Gasteiger partial charge in [0.2, 0.25) is 0 Å². The number of fused-ring (bicyclic) bond motifs is 1. The zero-order valence-corrected chi connectivity index (χ0v) is 11.1. The lowest BCUT2D eigenvalue weighted by Gasteiger charge is -2.17. The van der Waals surface area contributed by atoms with E-state index in [2.05, 4.69) is 46.7 Å². The van der Waals surface area contributed by atoms with Crippen molar-refractivity contribution >= 4 is 26.8 Å². The molecule has 0 bridgehead atoms. The maximum Gasteiger partial charge on any atom is 0.257 e. The zero-order chi connectivity index (χ0) is 11.9. The summed E-state index contributed by atoms with van der Waals surface area (Å²) in [5, 5.41) is 0.613. The average Bonchev–Trinajstić information content (AvgIpc) is 2.22. The number of aromatic amines is 1. The third-order valence-electron chi connectivity index (χ3n) is 2.46. The second-order valence-corrected chi connectivity index (χ2v) is 5.66. The van der Waals surface area contributed by atoms with Gasteiger partial charge in [-0.05, 0) is 28.1 Å². The molecule has 1 N–H and O–H groups in total. The van der Waals surface area contributed by atoms with E-state index >= 15 is 0 Å². The minimum atomic E-state index is -0.105. The highest BCUT2D eigenvalue weighted by atomic mass is 79.9. The van der Waals surface area contributed by atoms with Crippen LogP contribution in [-0.2, 0) is 5.41 Å². The summed E-state index contributed by atoms with van der Waals surface area (Å²) in [5.74, 6) is 0. The monoisotopic (exact) mass is 280 g/mol. The Balaban J connectivity index is 2.81. The van der Waals surface area contributed by atoms with Gasteiger partial charge in [0.15, 0.2) is 0 Å². The first-order chi connectivity index (χ1) is 7.39. The fourth-order valence-electron chi connectivity index (χ4n) is 1.52. The first kappa shape index (κ1) is 11.3. The molecular weight excluding hydrogens is 268 g/mol. The Hall–Kier alpha value is -1.16. The Morgan fingerprint density at radius 3 is 2.62 bits per heavy atom. The standard InChI is InChI=1S/C12H13BrN2O/c1-12(2,3)9-5-4-7-10(15-9)8(13)6-14-11(7)16/h4-6H,1-3H3,(H,14,16). The van der Waals surface area contributed by atoms with Gasteiger partial charge in [0, 0.05) is 17.3 Å². The zero-order valence-electron chi connectivity index (χ0n) is 9.47. The highest BCUT2D eigenvalue weighted by Gasteiger charge is 2.16. The van der Waals surface area contributed by atoms with Gasteiger partial charge in [-0.1, -0.05) is 20.8 Å². The Kier molecular flexibility index (Phi) is 2.62. The highest BCUT2D eigenvalue weighted by molar-refractivity contribution is 9.10. The fraction of sp³-hybridized carbons (Fsp3) is 0.333. The van der Waals surface area contributed by atoms with Crippen molar-refractivity contribution in [1.82, 2.24) is 9.97 Å². The van der Waals surface area contributed by atoms with Crippen LogP contribution in [0.5, 0.6) is 0 Å². The van der Waals surface area contributed by atoms with Crippen LogP contribution >= 0.6 is 15.9 Å². The van der Waals surface area contributed by atoms with Crippen molar-refractivity contribution in [3.63, 3.8) is 0 Å². The first-order valence-corrected chi connectivity index (χ1v) is 5.87. The van der Waals surface area contributed by atoms with Crippen LogP contribution in [0.25, 0.3) is 10.9 Å². The van der Waals surface area contributed by atoms with Crippen LogP contribution in [0.4, 0.5) is 0 Å². The first-order valence-electron chi connectivity index (χ1n) is 5.08. The van der Waals surface area contributed by atoms with E-state index in [9.17, 15) is 4.79 Å². The molecule has 2 heterocycles. The average molecular weight is 281 g/mol. The number of pyridine rings is 2. The van der Waals surface area contributed by atoms with Crippen LogP contribution in [0.15, 0.2) is 27.6 Å². The van der Waals surface area contributed by atoms with Crippen LogP contribution in [0.1, 0.15) is 26.5 Å². The summed E-state index contributed by atoms with van der Waals surface area (Å²) in [6.45, 7) is 6.30. The molecule has 0 radical (unpaired) electrons. The van der Waals surface area contributed by atoms with Gasteiger partial charge in [0.1, 0.15) is 0 Å². The third-order valence-corrected chi connectivity index (χ3v) is 3.07. The smallest absolute Gasteiger partial charge is 0.257 e. The van der Waals surface area contributed by atoms with E-state index < -0.39 is 0 Å². The molecule has 2 rings (SSSR count). The number of nitrogens with one attached hydrogen (secondary N) is 1. The van der Waals surface area contributed by atoms with Gasteiger partial charge in [-0.2, -0.15) is 0 Å². The molecule has 0 aliphatic carbocycles. The lowest BCUT2D eigenvalue weighted by molar-refractivity contribution is 0.571. The molecule has 0 saturated carbocycles. The fourth-order valence-corrected chi connectivity index (χ4v) is 1.93. The Labute approximate surface area is 102 Å². The third kappa shape index (κ3) is 1.89. The van der Waals surface area contributed by atoms with E-state index in [-0.39, 0.29) is 11.0 Å². The van der Waals surface area contributed by atoms with Crippen molar-refractivity contribution in [3.05, 3.63) is 38.9 Å². The molecule has 0 aliphatic rings. The van der Waals surface area contributed by atoms with Gasteiger partial charge in [0.05, 0.1) is 15.4 Å². The number of aromatic nitrogens is 2. The van der Waals surface area contributed by atoms with Gasteiger partial charge in [-0.15, -0.1) is 0 Å².